The van der Waals surface area contributed by atoms with Gasteiger partial charge < -0.3 is 15.4 Å². The number of fused-ring (bicyclic) bond motifs is 1. The first-order valence-corrected chi connectivity index (χ1v) is 10.5. The molecule has 10 nitrogen and oxygen atoms in total. The lowest BCUT2D eigenvalue weighted by Crippen LogP contribution is -2.46. The van der Waals surface area contributed by atoms with E-state index in [9.17, 15) is 19.2 Å². The highest BCUT2D eigenvalue weighted by molar-refractivity contribution is 6.37. The molecule has 3 rings (SSSR count). The molecule has 0 spiro atoms. The molecule has 32 heavy (non-hydrogen) atoms. The summed E-state index contributed by atoms with van der Waals surface area (Å²) in [5.41, 5.74) is 0.821. The molecule has 0 saturated carbocycles. The van der Waals surface area contributed by atoms with Gasteiger partial charge in [-0.05, 0) is 11.5 Å². The van der Waals surface area contributed by atoms with Crippen molar-refractivity contribution in [3.63, 3.8) is 0 Å². The van der Waals surface area contributed by atoms with E-state index in [2.05, 4.69) is 20.7 Å². The monoisotopic (exact) mass is 441 g/mol. The van der Waals surface area contributed by atoms with Crippen LogP contribution in [0.5, 0.6) is 0 Å². The highest BCUT2D eigenvalue weighted by atomic mass is 16.5. The predicted octanol–water partition coefficient (Wildman–Crippen LogP) is 1.05. The van der Waals surface area contributed by atoms with Crippen LogP contribution in [-0.2, 0) is 38.7 Å². The van der Waals surface area contributed by atoms with Crippen molar-refractivity contribution in [2.24, 2.45) is 11.8 Å². The number of benzene rings is 1. The molecule has 170 valence electrons. The van der Waals surface area contributed by atoms with Crippen LogP contribution in [-0.4, -0.2) is 50.9 Å². The average molecular weight is 441 g/mol. The van der Waals surface area contributed by atoms with Gasteiger partial charge in [0.15, 0.2) is 5.78 Å². The van der Waals surface area contributed by atoms with Crippen LogP contribution in [0, 0.1) is 11.8 Å². The highest BCUT2D eigenvalue weighted by Gasteiger charge is 2.34. The van der Waals surface area contributed by atoms with Crippen LogP contribution >= 0.6 is 0 Å². The molecule has 0 aliphatic carbocycles. The molecule has 0 bridgehead atoms. The fraction of sp³-hybridized carbons (Fsp3) is 0.455. The molecule has 2 N–H and O–H groups in total. The summed E-state index contributed by atoms with van der Waals surface area (Å²) in [6.07, 6.45) is 0.560. The van der Waals surface area contributed by atoms with Crippen molar-refractivity contribution in [3.8, 4) is 0 Å². The van der Waals surface area contributed by atoms with Crippen molar-refractivity contribution >= 4 is 23.6 Å². The molecule has 2 unspecified atom stereocenters. The van der Waals surface area contributed by atoms with E-state index in [1.54, 1.807) is 18.5 Å². The number of amides is 2. The van der Waals surface area contributed by atoms with Gasteiger partial charge in [-0.2, -0.15) is 5.10 Å². The van der Waals surface area contributed by atoms with E-state index in [1.807, 2.05) is 30.3 Å². The van der Waals surface area contributed by atoms with Crippen LogP contribution in [0.15, 0.2) is 36.7 Å². The van der Waals surface area contributed by atoms with Gasteiger partial charge in [-0.15, -0.1) is 0 Å². The molecular formula is C22H27N5O5. The molecular weight excluding hydrogens is 414 g/mol. The van der Waals surface area contributed by atoms with Crippen molar-refractivity contribution in [2.45, 2.75) is 45.9 Å². The molecule has 10 heteroatoms. The average Bonchev–Trinajstić information content (AvgIpc) is 3.22. The zero-order valence-corrected chi connectivity index (χ0v) is 18.1. The van der Waals surface area contributed by atoms with Gasteiger partial charge >= 0.3 is 6.09 Å². The molecule has 0 fully saturated rings. The fourth-order valence-electron chi connectivity index (χ4n) is 3.54. The summed E-state index contributed by atoms with van der Waals surface area (Å²) in [6, 6.07) is 8.32. The lowest BCUT2D eigenvalue weighted by Gasteiger charge is -2.23. The van der Waals surface area contributed by atoms with Crippen LogP contribution in [0.25, 0.3) is 0 Å². The fourth-order valence-corrected chi connectivity index (χ4v) is 3.54. The second kappa shape index (κ2) is 10.7. The Morgan fingerprint density at radius 1 is 1.25 bits per heavy atom. The van der Waals surface area contributed by atoms with Gasteiger partial charge in [0.05, 0.1) is 12.6 Å². The largest absolute Gasteiger partial charge is 0.445 e. The van der Waals surface area contributed by atoms with E-state index in [-0.39, 0.29) is 37.7 Å². The van der Waals surface area contributed by atoms with E-state index in [0.29, 0.717) is 12.4 Å². The number of nitrogens with one attached hydrogen (secondary N) is 2. The Morgan fingerprint density at radius 2 is 2.00 bits per heavy atom. The lowest BCUT2D eigenvalue weighted by molar-refractivity contribution is -0.141. The number of carbonyl (C=O) groups is 4. The summed E-state index contributed by atoms with van der Waals surface area (Å²) in [5.74, 6) is -2.37. The molecule has 0 radical (unpaired) electrons. The third-order valence-electron chi connectivity index (χ3n) is 5.28. The minimum Gasteiger partial charge on any atom is -0.445 e. The summed E-state index contributed by atoms with van der Waals surface area (Å²) in [6.45, 7) is 4.27. The first kappa shape index (κ1) is 23.1. The second-order valence-electron chi connectivity index (χ2n) is 8.02. The maximum atomic E-state index is 13.1. The van der Waals surface area contributed by atoms with Crippen LogP contribution in [0.2, 0.25) is 0 Å². The summed E-state index contributed by atoms with van der Waals surface area (Å²) >= 11 is 0. The number of Topliss-reactive ketones (excluding diaryl/α,β-unsaturated/α-hetero) is 2. The molecule has 0 saturated heterocycles. The maximum absolute atomic E-state index is 13.1. The van der Waals surface area contributed by atoms with Crippen molar-refractivity contribution in [2.75, 3.05) is 6.54 Å². The molecule has 1 aromatic heterocycles. The maximum Gasteiger partial charge on any atom is 0.408 e. The molecule has 2 atom stereocenters. The standard InChI is InChI=1S/C22H27N5O5/c1-14(2)19(26-22(31)32-12-15-6-4-3-5-7-15)17(28)10-16-11-18-24-13-25-27(18)9-8-23-21(30)20(16)29/h3-7,13-14,16,19H,8-12H2,1-2H3,(H,23,30)(H,26,31). The molecule has 1 aliphatic heterocycles. The minimum atomic E-state index is -0.896. The number of ether oxygens (including phenoxy) is 1. The molecule has 2 aromatic rings. The molecule has 1 aromatic carbocycles. The SMILES string of the molecule is CC(C)C(NC(=O)OCc1ccccc1)C(=O)CC1Cc2ncnn2CCNC(=O)C1=O. The number of nitrogens with zero attached hydrogens (tertiary/aromatic N) is 3. The number of alkyl carbamates (subject to hydrolysis) is 1. The normalized spacial score (nSPS) is 17.4. The number of carbonyl (C=O) groups excluding carboxylic acids is 4. The Labute approximate surface area is 185 Å². The first-order valence-electron chi connectivity index (χ1n) is 10.5. The van der Waals surface area contributed by atoms with E-state index in [1.165, 1.54) is 6.33 Å². The number of aromatic nitrogens is 3. The van der Waals surface area contributed by atoms with Gasteiger partial charge in [0, 0.05) is 25.3 Å². The lowest BCUT2D eigenvalue weighted by atomic mass is 9.88. The Morgan fingerprint density at radius 3 is 2.72 bits per heavy atom. The summed E-state index contributed by atoms with van der Waals surface area (Å²) in [7, 11) is 0. The second-order valence-corrected chi connectivity index (χ2v) is 8.02. The van der Waals surface area contributed by atoms with E-state index >= 15 is 0 Å². The third-order valence-corrected chi connectivity index (χ3v) is 5.28. The van der Waals surface area contributed by atoms with Gasteiger partial charge in [0.25, 0.3) is 5.91 Å². The molecule has 1 aliphatic rings. The van der Waals surface area contributed by atoms with Crippen LogP contribution in [0.1, 0.15) is 31.7 Å². The number of rotatable bonds is 7. The predicted molar refractivity (Wildman–Crippen MR) is 113 cm³/mol. The van der Waals surface area contributed by atoms with Crippen molar-refractivity contribution in [3.05, 3.63) is 48.0 Å². The van der Waals surface area contributed by atoms with Crippen LogP contribution < -0.4 is 10.6 Å². The van der Waals surface area contributed by atoms with Gasteiger partial charge in [-0.1, -0.05) is 44.2 Å². The Bertz CT molecular complexity index is 972. The topological polar surface area (TPSA) is 132 Å². The zero-order valence-electron chi connectivity index (χ0n) is 18.1. The summed E-state index contributed by atoms with van der Waals surface area (Å²) in [4.78, 5) is 54.3. The van der Waals surface area contributed by atoms with Crippen LogP contribution in [0.3, 0.4) is 0 Å². The van der Waals surface area contributed by atoms with Crippen molar-refractivity contribution < 1.29 is 23.9 Å². The van der Waals surface area contributed by atoms with Crippen LogP contribution in [0.4, 0.5) is 4.79 Å². The Kier molecular flexibility index (Phi) is 7.69. The molecule has 2 heterocycles. The molecule has 2 amide bonds. The van der Waals surface area contributed by atoms with E-state index < -0.39 is 29.7 Å². The van der Waals surface area contributed by atoms with E-state index in [4.69, 9.17) is 4.74 Å². The van der Waals surface area contributed by atoms with Crippen molar-refractivity contribution in [1.29, 1.82) is 0 Å². The minimum absolute atomic E-state index is 0.0720. The van der Waals surface area contributed by atoms with E-state index in [0.717, 1.165) is 5.56 Å². The summed E-state index contributed by atoms with van der Waals surface area (Å²) < 4.78 is 6.83. The van der Waals surface area contributed by atoms with Gasteiger partial charge in [0.2, 0.25) is 5.78 Å². The quantitative estimate of drug-likeness (QED) is 0.614. The number of hydrogen-bond donors (Lipinski definition) is 2. The van der Waals surface area contributed by atoms with Gasteiger partial charge in [-0.3, -0.25) is 14.4 Å². The smallest absolute Gasteiger partial charge is 0.408 e. The number of ketones is 2. The Balaban J connectivity index is 1.66. The third kappa shape index (κ3) is 5.99. The van der Waals surface area contributed by atoms with Gasteiger partial charge in [0.1, 0.15) is 18.8 Å². The van der Waals surface area contributed by atoms with Gasteiger partial charge in [-0.25, -0.2) is 14.5 Å². The first-order chi connectivity index (χ1) is 15.3. The van der Waals surface area contributed by atoms with Crippen molar-refractivity contribution in [1.82, 2.24) is 25.4 Å². The number of hydrogen-bond acceptors (Lipinski definition) is 7. The zero-order chi connectivity index (χ0) is 23.1. The Hall–Kier alpha value is -3.56. The summed E-state index contributed by atoms with van der Waals surface area (Å²) in [5, 5.41) is 9.24. The highest BCUT2D eigenvalue weighted by Crippen LogP contribution is 2.17.